The van der Waals surface area contributed by atoms with E-state index in [9.17, 15) is 22.8 Å². The maximum atomic E-state index is 13.3. The molecule has 2 N–H and O–H groups in total. The molecule has 0 unspecified atom stereocenters. The lowest BCUT2D eigenvalue weighted by Gasteiger charge is -2.15. The van der Waals surface area contributed by atoms with Crippen molar-refractivity contribution in [3.63, 3.8) is 0 Å². The fourth-order valence-electron chi connectivity index (χ4n) is 2.34. The van der Waals surface area contributed by atoms with Crippen LogP contribution in [-0.2, 0) is 15.8 Å². The van der Waals surface area contributed by atoms with E-state index in [1.54, 1.807) is 18.2 Å². The van der Waals surface area contributed by atoms with Gasteiger partial charge in [0.15, 0.2) is 0 Å². The molecule has 0 atom stereocenters. The first-order valence-corrected chi connectivity index (χ1v) is 8.71. The normalized spacial score (nSPS) is 11.4. The Morgan fingerprint density at radius 3 is 2.43 bits per heavy atom. The van der Waals surface area contributed by atoms with Crippen LogP contribution in [0.25, 0.3) is 6.08 Å². The van der Waals surface area contributed by atoms with Crippen molar-refractivity contribution in [2.75, 3.05) is 17.7 Å². The molecule has 2 rings (SSSR count). The molecule has 0 aliphatic carbocycles. The van der Waals surface area contributed by atoms with E-state index in [1.165, 1.54) is 26.2 Å². The van der Waals surface area contributed by atoms with Gasteiger partial charge in [0.2, 0.25) is 11.8 Å². The molecule has 2 aromatic rings. The lowest BCUT2D eigenvalue weighted by molar-refractivity contribution is -0.137. The predicted octanol–water partition coefficient (Wildman–Crippen LogP) is 5.09. The Bertz CT molecular complexity index is 927. The van der Waals surface area contributed by atoms with Crippen LogP contribution in [-0.4, -0.2) is 18.9 Å². The number of hydrogen-bond donors (Lipinski definition) is 2. The van der Waals surface area contributed by atoms with Crippen molar-refractivity contribution in [3.05, 3.63) is 58.1 Å². The highest BCUT2D eigenvalue weighted by Gasteiger charge is 2.34. The van der Waals surface area contributed by atoms with Gasteiger partial charge in [-0.15, -0.1) is 0 Å². The van der Waals surface area contributed by atoms with E-state index in [1.807, 2.05) is 0 Å². The van der Waals surface area contributed by atoms with E-state index >= 15 is 0 Å². The predicted molar refractivity (Wildman–Crippen MR) is 104 cm³/mol. The lowest BCUT2D eigenvalue weighted by Crippen LogP contribution is -2.16. The first-order valence-electron chi connectivity index (χ1n) is 7.91. The number of ether oxygens (including phenoxy) is 1. The van der Waals surface area contributed by atoms with Gasteiger partial charge in [-0.3, -0.25) is 9.59 Å². The molecule has 2 amide bonds. The molecule has 0 spiro atoms. The molecule has 5 nitrogen and oxygen atoms in total. The second kappa shape index (κ2) is 8.92. The fraction of sp³-hybridized carbons (Fsp3) is 0.158. The molecule has 0 fully saturated rings. The van der Waals surface area contributed by atoms with Gasteiger partial charge >= 0.3 is 6.18 Å². The summed E-state index contributed by atoms with van der Waals surface area (Å²) < 4.78 is 45.8. The number of nitrogens with one attached hydrogen (secondary N) is 2. The number of halogens is 4. The summed E-state index contributed by atoms with van der Waals surface area (Å²) in [6.07, 6.45) is -2.18. The number of benzene rings is 2. The zero-order chi connectivity index (χ0) is 20.9. The molecule has 0 heterocycles. The van der Waals surface area contributed by atoms with E-state index in [2.05, 4.69) is 26.6 Å². The third-order valence-corrected chi connectivity index (χ3v) is 4.00. The summed E-state index contributed by atoms with van der Waals surface area (Å²) >= 11 is 3.30. The maximum absolute atomic E-state index is 13.3. The van der Waals surface area contributed by atoms with Crippen molar-refractivity contribution in [3.8, 4) is 5.75 Å². The van der Waals surface area contributed by atoms with Crippen LogP contribution in [0.3, 0.4) is 0 Å². The third-order valence-electron chi connectivity index (χ3n) is 3.51. The minimum absolute atomic E-state index is 0.0211. The molecule has 0 aliphatic rings. The van der Waals surface area contributed by atoms with Crippen molar-refractivity contribution < 1.29 is 27.5 Å². The summed E-state index contributed by atoms with van der Waals surface area (Å²) in [5, 5.41) is 4.49. The number of carbonyl (C=O) groups excluding carboxylic acids is 2. The van der Waals surface area contributed by atoms with Crippen LogP contribution in [0.15, 0.2) is 46.9 Å². The number of amides is 2. The topological polar surface area (TPSA) is 67.4 Å². The zero-order valence-corrected chi connectivity index (χ0v) is 16.4. The van der Waals surface area contributed by atoms with Crippen LogP contribution >= 0.6 is 15.9 Å². The van der Waals surface area contributed by atoms with Gasteiger partial charge in [0.25, 0.3) is 0 Å². The van der Waals surface area contributed by atoms with Gasteiger partial charge in [0.1, 0.15) is 5.75 Å². The largest absolute Gasteiger partial charge is 0.496 e. The van der Waals surface area contributed by atoms with Crippen molar-refractivity contribution in [2.24, 2.45) is 0 Å². The van der Waals surface area contributed by atoms with Gasteiger partial charge in [-0.25, -0.2) is 0 Å². The Morgan fingerprint density at radius 2 is 1.82 bits per heavy atom. The molecule has 0 saturated carbocycles. The standard InChI is InChI=1S/C19H16BrF3N2O3/c1-11(26)24-14-5-6-16(15(10-14)19(21,22)23)25-18(27)8-3-12-9-13(20)4-7-17(12)28-2/h3-10H,1-2H3,(H,24,26)(H,25,27)/b8-3+. The molecular weight excluding hydrogens is 441 g/mol. The van der Waals surface area contributed by atoms with E-state index < -0.39 is 29.2 Å². The first kappa shape index (κ1) is 21.5. The quantitative estimate of drug-likeness (QED) is 0.615. The molecule has 2 aromatic carbocycles. The van der Waals surface area contributed by atoms with Crippen LogP contribution in [0.4, 0.5) is 24.5 Å². The van der Waals surface area contributed by atoms with Gasteiger partial charge in [0, 0.05) is 28.7 Å². The molecule has 148 valence electrons. The molecule has 28 heavy (non-hydrogen) atoms. The highest BCUT2D eigenvalue weighted by Crippen LogP contribution is 2.36. The van der Waals surface area contributed by atoms with Crippen molar-refractivity contribution in [1.82, 2.24) is 0 Å². The Hall–Kier alpha value is -2.81. The first-order chi connectivity index (χ1) is 13.1. The van der Waals surface area contributed by atoms with Crippen molar-refractivity contribution in [2.45, 2.75) is 13.1 Å². The molecule has 0 radical (unpaired) electrons. The van der Waals surface area contributed by atoms with E-state index in [0.717, 1.165) is 22.7 Å². The number of hydrogen-bond acceptors (Lipinski definition) is 3. The van der Waals surface area contributed by atoms with Gasteiger partial charge in [-0.05, 0) is 42.5 Å². The van der Waals surface area contributed by atoms with Gasteiger partial charge < -0.3 is 15.4 Å². The lowest BCUT2D eigenvalue weighted by atomic mass is 10.1. The average molecular weight is 457 g/mol. The highest BCUT2D eigenvalue weighted by atomic mass is 79.9. The summed E-state index contributed by atoms with van der Waals surface area (Å²) in [5.41, 5.74) is -0.936. The summed E-state index contributed by atoms with van der Waals surface area (Å²) in [6, 6.07) is 8.25. The van der Waals surface area contributed by atoms with Crippen LogP contribution in [0, 0.1) is 0 Å². The van der Waals surface area contributed by atoms with Gasteiger partial charge in [0.05, 0.1) is 18.4 Å². The monoisotopic (exact) mass is 456 g/mol. The van der Waals surface area contributed by atoms with Crippen LogP contribution in [0.1, 0.15) is 18.1 Å². The number of alkyl halides is 3. The second-order valence-electron chi connectivity index (χ2n) is 5.65. The van der Waals surface area contributed by atoms with Crippen LogP contribution in [0.5, 0.6) is 5.75 Å². The van der Waals surface area contributed by atoms with Gasteiger partial charge in [-0.2, -0.15) is 13.2 Å². The summed E-state index contributed by atoms with van der Waals surface area (Å²) in [5.74, 6) is -0.751. The van der Waals surface area contributed by atoms with Gasteiger partial charge in [-0.1, -0.05) is 15.9 Å². The molecule has 0 aliphatic heterocycles. The molecule has 0 saturated heterocycles. The second-order valence-corrected chi connectivity index (χ2v) is 6.56. The Labute approximate surface area is 167 Å². The number of rotatable bonds is 5. The SMILES string of the molecule is COc1ccc(Br)cc1/C=C/C(=O)Nc1ccc(NC(C)=O)cc1C(F)(F)F. The van der Waals surface area contributed by atoms with E-state index in [-0.39, 0.29) is 5.69 Å². The van der Waals surface area contributed by atoms with Crippen LogP contribution in [0.2, 0.25) is 0 Å². The van der Waals surface area contributed by atoms with E-state index in [4.69, 9.17) is 4.74 Å². The van der Waals surface area contributed by atoms with Crippen molar-refractivity contribution >= 4 is 45.2 Å². The molecule has 0 aromatic heterocycles. The maximum Gasteiger partial charge on any atom is 0.418 e. The number of anilines is 2. The Morgan fingerprint density at radius 1 is 1.11 bits per heavy atom. The fourth-order valence-corrected chi connectivity index (χ4v) is 2.72. The number of methoxy groups -OCH3 is 1. The smallest absolute Gasteiger partial charge is 0.418 e. The molecule has 0 bridgehead atoms. The summed E-state index contributed by atoms with van der Waals surface area (Å²) in [7, 11) is 1.47. The highest BCUT2D eigenvalue weighted by molar-refractivity contribution is 9.10. The van der Waals surface area contributed by atoms with Crippen molar-refractivity contribution in [1.29, 1.82) is 0 Å². The average Bonchev–Trinajstić information content (AvgIpc) is 2.60. The summed E-state index contributed by atoms with van der Waals surface area (Å²) in [6.45, 7) is 1.18. The number of carbonyl (C=O) groups is 2. The molecule has 9 heteroatoms. The van der Waals surface area contributed by atoms with Crippen LogP contribution < -0.4 is 15.4 Å². The Balaban J connectivity index is 2.26. The third kappa shape index (κ3) is 5.85. The van der Waals surface area contributed by atoms with E-state index in [0.29, 0.717) is 11.3 Å². The zero-order valence-electron chi connectivity index (χ0n) is 14.9. The Kier molecular flexibility index (Phi) is 6.85. The minimum atomic E-state index is -4.71. The summed E-state index contributed by atoms with van der Waals surface area (Å²) in [4.78, 5) is 23.2. The molecular formula is C19H16BrF3N2O3. The minimum Gasteiger partial charge on any atom is -0.496 e.